The fourth-order valence-corrected chi connectivity index (χ4v) is 2.87. The zero-order chi connectivity index (χ0) is 20.8. The van der Waals surface area contributed by atoms with Gasteiger partial charge in [0.15, 0.2) is 0 Å². The Morgan fingerprint density at radius 3 is 1.45 bits per heavy atom. The normalized spacial score (nSPS) is 10.4. The monoisotopic (exact) mass is 394 g/mol. The van der Waals surface area contributed by atoms with Crippen LogP contribution in [0.3, 0.4) is 0 Å². The number of nitrogens with one attached hydrogen (secondary N) is 2. The molecule has 0 aliphatic rings. The molecule has 2 N–H and O–H groups in total. The van der Waals surface area contributed by atoms with Crippen LogP contribution in [0.5, 0.6) is 0 Å². The molecule has 0 fully saturated rings. The Kier molecular flexibility index (Phi) is 6.34. The summed E-state index contributed by atoms with van der Waals surface area (Å²) < 4.78 is 26.0. The lowest BCUT2D eigenvalue weighted by atomic mass is 10.1. The first-order valence-corrected chi connectivity index (χ1v) is 9.09. The first-order valence-electron chi connectivity index (χ1n) is 9.09. The van der Waals surface area contributed by atoms with Crippen molar-refractivity contribution in [2.75, 3.05) is 10.6 Å². The summed E-state index contributed by atoms with van der Waals surface area (Å²) in [5, 5.41) is 5.63. The van der Waals surface area contributed by atoms with Crippen LogP contribution in [-0.2, 0) is 22.4 Å². The van der Waals surface area contributed by atoms with Crippen molar-refractivity contribution >= 4 is 23.2 Å². The average Bonchev–Trinajstić information content (AvgIpc) is 2.68. The second-order valence-electron chi connectivity index (χ2n) is 6.68. The standard InChI is InChI=1S/C23H20F2N2O2/c1-15-20(26-22(28)13-16-5-9-18(24)10-6-16)3-2-4-21(15)27-23(29)14-17-7-11-19(25)12-8-17/h2-12H,13-14H2,1H3,(H,26,28)(H,27,29). The largest absolute Gasteiger partial charge is 0.325 e. The Labute approximate surface area is 167 Å². The molecule has 148 valence electrons. The van der Waals surface area contributed by atoms with Crippen LogP contribution >= 0.6 is 0 Å². The summed E-state index contributed by atoms with van der Waals surface area (Å²) in [5.74, 6) is -1.19. The molecule has 0 heterocycles. The molecule has 0 aliphatic carbocycles. The summed E-state index contributed by atoms with van der Waals surface area (Å²) in [5.41, 5.74) is 3.27. The molecule has 0 atom stereocenters. The Morgan fingerprint density at radius 2 is 1.07 bits per heavy atom. The summed E-state index contributed by atoms with van der Waals surface area (Å²) in [6.07, 6.45) is 0.224. The number of hydrogen-bond acceptors (Lipinski definition) is 2. The average molecular weight is 394 g/mol. The van der Waals surface area contributed by atoms with Gasteiger partial charge in [-0.25, -0.2) is 8.78 Å². The van der Waals surface area contributed by atoms with Crippen molar-refractivity contribution in [2.45, 2.75) is 19.8 Å². The van der Waals surface area contributed by atoms with Gasteiger partial charge in [0.25, 0.3) is 0 Å². The third-order valence-electron chi connectivity index (χ3n) is 4.44. The van der Waals surface area contributed by atoms with Crippen LogP contribution in [-0.4, -0.2) is 11.8 Å². The predicted octanol–water partition coefficient (Wildman–Crippen LogP) is 4.64. The first-order chi connectivity index (χ1) is 13.9. The van der Waals surface area contributed by atoms with Crippen molar-refractivity contribution in [2.24, 2.45) is 0 Å². The van der Waals surface area contributed by atoms with Crippen LogP contribution in [0.25, 0.3) is 0 Å². The van der Waals surface area contributed by atoms with Crippen LogP contribution in [0.1, 0.15) is 16.7 Å². The quantitative estimate of drug-likeness (QED) is 0.640. The fourth-order valence-electron chi connectivity index (χ4n) is 2.87. The van der Waals surface area contributed by atoms with E-state index < -0.39 is 0 Å². The van der Waals surface area contributed by atoms with E-state index in [9.17, 15) is 18.4 Å². The minimum atomic E-state index is -0.353. The van der Waals surface area contributed by atoms with Gasteiger partial charge in [-0.1, -0.05) is 30.3 Å². The lowest BCUT2D eigenvalue weighted by molar-refractivity contribution is -0.116. The van der Waals surface area contributed by atoms with Gasteiger partial charge in [0.1, 0.15) is 11.6 Å². The number of anilines is 2. The first kappa shape index (κ1) is 20.2. The molecule has 3 aromatic rings. The molecule has 2 amide bonds. The zero-order valence-electron chi connectivity index (χ0n) is 15.8. The van der Waals surface area contributed by atoms with E-state index in [-0.39, 0.29) is 36.3 Å². The molecule has 0 spiro atoms. The van der Waals surface area contributed by atoms with E-state index in [0.29, 0.717) is 28.1 Å². The topological polar surface area (TPSA) is 58.2 Å². The number of rotatable bonds is 6. The van der Waals surface area contributed by atoms with Gasteiger partial charge in [0, 0.05) is 11.4 Å². The minimum Gasteiger partial charge on any atom is -0.325 e. The van der Waals surface area contributed by atoms with Crippen molar-refractivity contribution < 1.29 is 18.4 Å². The van der Waals surface area contributed by atoms with Crippen molar-refractivity contribution in [3.63, 3.8) is 0 Å². The molecule has 0 aliphatic heterocycles. The van der Waals surface area contributed by atoms with Crippen LogP contribution in [0.15, 0.2) is 66.7 Å². The number of hydrogen-bond donors (Lipinski definition) is 2. The number of benzene rings is 3. The van der Waals surface area contributed by atoms with Crippen molar-refractivity contribution in [1.82, 2.24) is 0 Å². The van der Waals surface area contributed by atoms with Gasteiger partial charge in [0.05, 0.1) is 12.8 Å². The van der Waals surface area contributed by atoms with Gasteiger partial charge in [-0.05, 0) is 60.0 Å². The van der Waals surface area contributed by atoms with Crippen molar-refractivity contribution in [3.05, 3.63) is 95.1 Å². The zero-order valence-corrected chi connectivity index (χ0v) is 15.8. The highest BCUT2D eigenvalue weighted by Gasteiger charge is 2.11. The number of amides is 2. The summed E-state index contributed by atoms with van der Waals surface area (Å²) in [6.45, 7) is 1.79. The van der Waals surface area contributed by atoms with Crippen molar-refractivity contribution in [1.29, 1.82) is 0 Å². The number of halogens is 2. The lowest BCUT2D eigenvalue weighted by Gasteiger charge is -2.14. The Hall–Kier alpha value is -3.54. The maximum Gasteiger partial charge on any atom is 0.228 e. The van der Waals surface area contributed by atoms with Crippen molar-refractivity contribution in [3.8, 4) is 0 Å². The molecule has 0 unspecified atom stereocenters. The maximum absolute atomic E-state index is 13.0. The molecular formula is C23H20F2N2O2. The second kappa shape index (κ2) is 9.10. The van der Waals surface area contributed by atoms with Crippen LogP contribution in [0.4, 0.5) is 20.2 Å². The predicted molar refractivity (Wildman–Crippen MR) is 109 cm³/mol. The van der Waals surface area contributed by atoms with E-state index in [0.717, 1.165) is 0 Å². The second-order valence-corrected chi connectivity index (χ2v) is 6.68. The lowest BCUT2D eigenvalue weighted by Crippen LogP contribution is -2.18. The smallest absolute Gasteiger partial charge is 0.228 e. The van der Waals surface area contributed by atoms with Gasteiger partial charge in [-0.2, -0.15) is 0 Å². The fraction of sp³-hybridized carbons (Fsp3) is 0.130. The summed E-state index contributed by atoms with van der Waals surface area (Å²) >= 11 is 0. The molecule has 4 nitrogen and oxygen atoms in total. The third-order valence-corrected chi connectivity index (χ3v) is 4.44. The Morgan fingerprint density at radius 1 is 0.690 bits per heavy atom. The maximum atomic E-state index is 13.0. The molecule has 29 heavy (non-hydrogen) atoms. The molecule has 6 heteroatoms. The minimum absolute atomic E-state index is 0.112. The van der Waals surface area contributed by atoms with E-state index in [1.54, 1.807) is 49.4 Å². The number of carbonyl (C=O) groups is 2. The summed E-state index contributed by atoms with van der Waals surface area (Å²) in [6, 6.07) is 16.7. The molecule has 3 rings (SSSR count). The van der Waals surface area contributed by atoms with Crippen LogP contribution < -0.4 is 10.6 Å². The highest BCUT2D eigenvalue weighted by molar-refractivity contribution is 5.97. The van der Waals surface area contributed by atoms with Gasteiger partial charge in [0.2, 0.25) is 11.8 Å². The highest BCUT2D eigenvalue weighted by Crippen LogP contribution is 2.24. The van der Waals surface area contributed by atoms with E-state index in [4.69, 9.17) is 0 Å². The SMILES string of the molecule is Cc1c(NC(=O)Cc2ccc(F)cc2)cccc1NC(=O)Cc1ccc(F)cc1. The molecule has 0 radical (unpaired) electrons. The van der Waals surface area contributed by atoms with Gasteiger partial charge in [-0.3, -0.25) is 9.59 Å². The van der Waals surface area contributed by atoms with Gasteiger partial charge >= 0.3 is 0 Å². The molecule has 0 aromatic heterocycles. The Bertz CT molecular complexity index is 936. The molecule has 0 saturated heterocycles. The highest BCUT2D eigenvalue weighted by atomic mass is 19.1. The van der Waals surface area contributed by atoms with Gasteiger partial charge in [-0.15, -0.1) is 0 Å². The van der Waals surface area contributed by atoms with Crippen LogP contribution in [0, 0.1) is 18.6 Å². The molecule has 0 bridgehead atoms. The van der Waals surface area contributed by atoms with Gasteiger partial charge < -0.3 is 10.6 Å². The van der Waals surface area contributed by atoms with E-state index in [1.165, 1.54) is 24.3 Å². The molecular weight excluding hydrogens is 374 g/mol. The molecule has 3 aromatic carbocycles. The van der Waals surface area contributed by atoms with E-state index in [1.807, 2.05) is 0 Å². The number of carbonyl (C=O) groups excluding carboxylic acids is 2. The van der Waals surface area contributed by atoms with E-state index >= 15 is 0 Å². The van der Waals surface area contributed by atoms with E-state index in [2.05, 4.69) is 10.6 Å². The third kappa shape index (κ3) is 5.72. The summed E-state index contributed by atoms with van der Waals surface area (Å²) in [4.78, 5) is 24.6. The molecule has 0 saturated carbocycles. The Balaban J connectivity index is 1.63. The summed E-state index contributed by atoms with van der Waals surface area (Å²) in [7, 11) is 0. The van der Waals surface area contributed by atoms with Crippen LogP contribution in [0.2, 0.25) is 0 Å².